The summed E-state index contributed by atoms with van der Waals surface area (Å²) in [6.07, 6.45) is -2.11. The normalized spacial score (nSPS) is 19.9. The number of carbonyl (C=O) groups is 2. The zero-order valence-corrected chi connectivity index (χ0v) is 22.6. The number of hydrogen-bond donors (Lipinski definition) is 2. The molecule has 11 heteroatoms. The zero-order valence-electron chi connectivity index (χ0n) is 21.0. The number of Topliss-reactive ketones (excluding diaryl/α,β-unsaturated/α-hetero) is 1. The lowest BCUT2D eigenvalue weighted by Gasteiger charge is -2.44. The standard InChI is InChI=1S/C28H25F3N4O2S2/c1-16-21-12-18(17-3-2-4-19(11-17)28(29,30)31)5-6-22(21)39-23(16)26(37)35-13-20(14-35)34-27(7-8-32-15-27)24(36)25-33-9-10-38-25/h2-6,9-12,20,32,34H,7-8,13-15H2,1H3/t27-/m0/s1. The zero-order chi connectivity index (χ0) is 27.4. The smallest absolute Gasteiger partial charge is 0.335 e. The number of alkyl halides is 3. The van der Waals surface area contributed by atoms with Gasteiger partial charge in [0, 0.05) is 42.0 Å². The van der Waals surface area contributed by atoms with Crippen molar-refractivity contribution in [2.45, 2.75) is 31.1 Å². The second-order valence-corrected chi connectivity index (χ2v) is 12.0. The van der Waals surface area contributed by atoms with Gasteiger partial charge in [-0.3, -0.25) is 14.9 Å². The van der Waals surface area contributed by atoms with Crippen molar-refractivity contribution in [1.82, 2.24) is 20.5 Å². The van der Waals surface area contributed by atoms with Crippen molar-refractivity contribution in [1.29, 1.82) is 0 Å². The average Bonchev–Trinajstić information content (AvgIpc) is 3.66. The van der Waals surface area contributed by atoms with Gasteiger partial charge in [-0.05, 0) is 66.2 Å². The van der Waals surface area contributed by atoms with Crippen molar-refractivity contribution in [3.63, 3.8) is 0 Å². The Morgan fingerprint density at radius 2 is 1.95 bits per heavy atom. The molecule has 4 heterocycles. The molecule has 2 aromatic heterocycles. The Kier molecular flexibility index (Phi) is 6.57. The van der Waals surface area contributed by atoms with Crippen molar-refractivity contribution >= 4 is 44.5 Å². The third-order valence-electron chi connectivity index (χ3n) is 7.52. The van der Waals surface area contributed by atoms with Gasteiger partial charge >= 0.3 is 6.18 Å². The predicted molar refractivity (Wildman–Crippen MR) is 146 cm³/mol. The molecule has 39 heavy (non-hydrogen) atoms. The van der Waals surface area contributed by atoms with Gasteiger partial charge in [0.25, 0.3) is 5.91 Å². The molecule has 0 unspecified atom stereocenters. The highest BCUT2D eigenvalue weighted by molar-refractivity contribution is 7.21. The highest BCUT2D eigenvalue weighted by Gasteiger charge is 2.46. The predicted octanol–water partition coefficient (Wildman–Crippen LogP) is 5.38. The van der Waals surface area contributed by atoms with Crippen molar-refractivity contribution in [2.24, 2.45) is 0 Å². The number of nitrogens with zero attached hydrogens (tertiary/aromatic N) is 2. The van der Waals surface area contributed by atoms with Gasteiger partial charge < -0.3 is 10.2 Å². The van der Waals surface area contributed by atoms with Gasteiger partial charge in [-0.25, -0.2) is 4.98 Å². The number of halogens is 3. The number of benzene rings is 2. The Balaban J connectivity index is 1.18. The van der Waals surface area contributed by atoms with E-state index in [1.165, 1.54) is 28.7 Å². The molecule has 6 rings (SSSR count). The molecule has 2 aromatic carbocycles. The Morgan fingerprint density at radius 1 is 1.15 bits per heavy atom. The third-order valence-corrected chi connectivity index (χ3v) is 9.55. The summed E-state index contributed by atoms with van der Waals surface area (Å²) >= 11 is 2.73. The molecule has 4 aromatic rings. The van der Waals surface area contributed by atoms with E-state index in [2.05, 4.69) is 15.6 Å². The number of carbonyl (C=O) groups excluding carboxylic acids is 2. The number of ketones is 1. The van der Waals surface area contributed by atoms with E-state index >= 15 is 0 Å². The fourth-order valence-corrected chi connectivity index (χ4v) is 7.20. The van der Waals surface area contributed by atoms with E-state index in [1.807, 2.05) is 19.1 Å². The lowest BCUT2D eigenvalue weighted by molar-refractivity contribution is -0.137. The molecule has 0 radical (unpaired) electrons. The van der Waals surface area contributed by atoms with E-state index in [0.29, 0.717) is 47.1 Å². The lowest BCUT2D eigenvalue weighted by atomic mass is 9.90. The van der Waals surface area contributed by atoms with E-state index in [4.69, 9.17) is 0 Å². The maximum Gasteiger partial charge on any atom is 0.416 e. The molecular formula is C28H25F3N4O2S2. The fraction of sp³-hybridized carbons (Fsp3) is 0.321. The summed E-state index contributed by atoms with van der Waals surface area (Å²) in [5, 5.41) is 9.94. The number of thiophene rings is 1. The fourth-order valence-electron chi connectivity index (χ4n) is 5.36. The van der Waals surface area contributed by atoms with Crippen molar-refractivity contribution < 1.29 is 22.8 Å². The van der Waals surface area contributed by atoms with Crippen molar-refractivity contribution in [2.75, 3.05) is 26.2 Å². The number of fused-ring (bicyclic) bond motifs is 1. The molecule has 1 atom stereocenters. The van der Waals surface area contributed by atoms with Gasteiger partial charge in [-0.15, -0.1) is 22.7 Å². The van der Waals surface area contributed by atoms with E-state index in [-0.39, 0.29) is 17.7 Å². The molecule has 2 fully saturated rings. The second-order valence-electron chi connectivity index (χ2n) is 10.1. The number of aromatic nitrogens is 1. The van der Waals surface area contributed by atoms with Crippen LogP contribution in [0.4, 0.5) is 13.2 Å². The van der Waals surface area contributed by atoms with E-state index < -0.39 is 17.3 Å². The first-order valence-electron chi connectivity index (χ1n) is 12.6. The summed E-state index contributed by atoms with van der Waals surface area (Å²) in [5.74, 6) is -0.0820. The largest absolute Gasteiger partial charge is 0.416 e. The lowest BCUT2D eigenvalue weighted by Crippen LogP contribution is -2.67. The van der Waals surface area contributed by atoms with Crippen LogP contribution < -0.4 is 10.6 Å². The van der Waals surface area contributed by atoms with Crippen LogP contribution in [0, 0.1) is 6.92 Å². The second kappa shape index (κ2) is 9.81. The Bertz CT molecular complexity index is 1550. The summed E-state index contributed by atoms with van der Waals surface area (Å²) in [7, 11) is 0. The minimum atomic E-state index is -4.41. The molecular weight excluding hydrogens is 545 g/mol. The van der Waals surface area contributed by atoms with Gasteiger partial charge in [0.2, 0.25) is 5.78 Å². The third kappa shape index (κ3) is 4.77. The maximum absolute atomic E-state index is 13.4. The molecule has 0 saturated carbocycles. The monoisotopic (exact) mass is 570 g/mol. The summed E-state index contributed by atoms with van der Waals surface area (Å²) in [6, 6.07) is 10.8. The van der Waals surface area contributed by atoms with Crippen LogP contribution in [0.5, 0.6) is 0 Å². The summed E-state index contributed by atoms with van der Waals surface area (Å²) in [5.41, 5.74) is 0.556. The summed E-state index contributed by atoms with van der Waals surface area (Å²) in [4.78, 5) is 33.2. The number of thiazole rings is 1. The SMILES string of the molecule is Cc1c(C(=O)N2CC(N[C@@]3(C(=O)c4nccs4)CCNC3)C2)sc2ccc(-c3cccc(C(F)(F)F)c3)cc12. The molecule has 202 valence electrons. The number of hydrogen-bond acceptors (Lipinski definition) is 7. The van der Waals surface area contributed by atoms with Crippen molar-refractivity contribution in [3.8, 4) is 11.1 Å². The number of amides is 1. The Hall–Kier alpha value is -3.12. The van der Waals surface area contributed by atoms with E-state index in [9.17, 15) is 22.8 Å². The summed E-state index contributed by atoms with van der Waals surface area (Å²) < 4.78 is 40.5. The van der Waals surface area contributed by atoms with Crippen LogP contribution in [0.1, 0.15) is 37.0 Å². The highest BCUT2D eigenvalue weighted by Crippen LogP contribution is 2.37. The number of aryl methyl sites for hydroxylation is 1. The molecule has 1 amide bonds. The number of rotatable bonds is 6. The highest BCUT2D eigenvalue weighted by atomic mass is 32.1. The number of likely N-dealkylation sites (tertiary alicyclic amines) is 1. The van der Waals surface area contributed by atoms with Crippen LogP contribution in [0.2, 0.25) is 0 Å². The van der Waals surface area contributed by atoms with Crippen LogP contribution in [-0.2, 0) is 6.18 Å². The van der Waals surface area contributed by atoms with Crippen LogP contribution in [0.25, 0.3) is 21.2 Å². The average molecular weight is 571 g/mol. The molecule has 6 nitrogen and oxygen atoms in total. The Morgan fingerprint density at radius 3 is 2.64 bits per heavy atom. The first-order chi connectivity index (χ1) is 18.6. The van der Waals surface area contributed by atoms with Gasteiger partial charge in [0.05, 0.1) is 16.0 Å². The topological polar surface area (TPSA) is 74.3 Å². The quantitative estimate of drug-likeness (QED) is 0.305. The Labute approximate surface area is 230 Å². The van der Waals surface area contributed by atoms with Gasteiger partial charge in [0.15, 0.2) is 5.01 Å². The maximum atomic E-state index is 13.4. The van der Waals surface area contributed by atoms with E-state index in [0.717, 1.165) is 34.3 Å². The van der Waals surface area contributed by atoms with Gasteiger partial charge in [0.1, 0.15) is 0 Å². The molecule has 0 aliphatic carbocycles. The van der Waals surface area contributed by atoms with E-state index in [1.54, 1.807) is 28.6 Å². The van der Waals surface area contributed by atoms with Crippen LogP contribution in [-0.4, -0.2) is 59.3 Å². The van der Waals surface area contributed by atoms with Crippen LogP contribution >= 0.6 is 22.7 Å². The first-order valence-corrected chi connectivity index (χ1v) is 14.3. The molecule has 2 saturated heterocycles. The molecule has 0 bridgehead atoms. The molecule has 0 spiro atoms. The molecule has 2 N–H and O–H groups in total. The minimum Gasteiger partial charge on any atom is -0.335 e. The summed E-state index contributed by atoms with van der Waals surface area (Å²) in [6.45, 7) is 4.13. The first kappa shape index (κ1) is 26.1. The van der Waals surface area contributed by atoms with Gasteiger partial charge in [-0.1, -0.05) is 18.2 Å². The minimum absolute atomic E-state index is 0.0000385. The van der Waals surface area contributed by atoms with Gasteiger partial charge in [-0.2, -0.15) is 13.2 Å². The molecule has 2 aliphatic rings. The molecule has 2 aliphatic heterocycles. The van der Waals surface area contributed by atoms with Crippen LogP contribution in [0.15, 0.2) is 54.0 Å². The van der Waals surface area contributed by atoms with Crippen molar-refractivity contribution in [3.05, 3.63) is 75.1 Å². The number of nitrogens with one attached hydrogen (secondary N) is 2. The van der Waals surface area contributed by atoms with Crippen LogP contribution in [0.3, 0.4) is 0 Å².